The minimum atomic E-state index is -3.59. The van der Waals surface area contributed by atoms with Crippen LogP contribution in [0.4, 0.5) is 5.13 Å². The molecule has 4 rings (SSSR count). The van der Waals surface area contributed by atoms with Crippen molar-refractivity contribution < 1.29 is 13.2 Å². The van der Waals surface area contributed by atoms with Gasteiger partial charge >= 0.3 is 0 Å². The van der Waals surface area contributed by atoms with E-state index in [1.54, 1.807) is 17.0 Å². The van der Waals surface area contributed by atoms with Crippen molar-refractivity contribution in [1.29, 1.82) is 0 Å². The Morgan fingerprint density at radius 1 is 0.914 bits per heavy atom. The van der Waals surface area contributed by atoms with Crippen LogP contribution in [0.5, 0.6) is 0 Å². The molecule has 35 heavy (non-hydrogen) atoms. The smallest absolute Gasteiger partial charge is 0.260 e. The highest BCUT2D eigenvalue weighted by Crippen LogP contribution is 2.33. The summed E-state index contributed by atoms with van der Waals surface area (Å²) in [4.78, 5) is 20.4. The van der Waals surface area contributed by atoms with Crippen molar-refractivity contribution in [3.8, 4) is 0 Å². The van der Waals surface area contributed by atoms with Crippen LogP contribution in [0, 0.1) is 13.8 Å². The SMILES string of the molecule is CCN(CC)S(=O)(=O)c1ccc(C(=O)N(Cc2ccccc2)c2nc3c(C)c(C)ccc3s2)cc1. The average Bonchev–Trinajstić information content (AvgIpc) is 3.30. The third-order valence-electron chi connectivity index (χ3n) is 6.18. The lowest BCUT2D eigenvalue weighted by Crippen LogP contribution is -2.31. The molecule has 0 unspecified atom stereocenters. The van der Waals surface area contributed by atoms with Crippen LogP contribution in [0.15, 0.2) is 71.6 Å². The molecule has 182 valence electrons. The number of carbonyl (C=O) groups is 1. The molecule has 0 atom stereocenters. The first kappa shape index (κ1) is 25.0. The Balaban J connectivity index is 1.73. The van der Waals surface area contributed by atoms with Crippen molar-refractivity contribution >= 4 is 42.6 Å². The van der Waals surface area contributed by atoms with Crippen molar-refractivity contribution in [2.24, 2.45) is 0 Å². The highest BCUT2D eigenvalue weighted by atomic mass is 32.2. The molecule has 4 aromatic rings. The van der Waals surface area contributed by atoms with E-state index in [9.17, 15) is 13.2 Å². The van der Waals surface area contributed by atoms with E-state index in [1.807, 2.05) is 57.2 Å². The summed E-state index contributed by atoms with van der Waals surface area (Å²) in [5, 5.41) is 0.613. The fraction of sp³-hybridized carbons (Fsp3) is 0.259. The molecule has 6 nitrogen and oxygen atoms in total. The first-order chi connectivity index (χ1) is 16.8. The van der Waals surface area contributed by atoms with Gasteiger partial charge in [-0.15, -0.1) is 0 Å². The number of rotatable bonds is 8. The summed E-state index contributed by atoms with van der Waals surface area (Å²) in [5.74, 6) is -0.228. The number of hydrogen-bond donors (Lipinski definition) is 0. The Morgan fingerprint density at radius 2 is 1.57 bits per heavy atom. The molecule has 0 N–H and O–H groups in total. The Hall–Kier alpha value is -3.07. The second kappa shape index (κ2) is 10.3. The van der Waals surface area contributed by atoms with Crippen molar-refractivity contribution in [3.63, 3.8) is 0 Å². The zero-order valence-corrected chi connectivity index (χ0v) is 22.0. The lowest BCUT2D eigenvalue weighted by molar-refractivity contribution is 0.0985. The standard InChI is InChI=1S/C27H29N3O3S2/c1-5-29(6-2)35(32,33)23-15-13-22(14-16-23)26(31)30(18-21-10-8-7-9-11-21)27-28-25-20(4)19(3)12-17-24(25)34-27/h7-17H,5-6,18H2,1-4H3. The van der Waals surface area contributed by atoms with E-state index in [-0.39, 0.29) is 10.8 Å². The summed E-state index contributed by atoms with van der Waals surface area (Å²) in [6.07, 6.45) is 0. The highest BCUT2D eigenvalue weighted by molar-refractivity contribution is 7.89. The molecule has 1 aromatic heterocycles. The van der Waals surface area contributed by atoms with Crippen LogP contribution in [0.25, 0.3) is 10.2 Å². The van der Waals surface area contributed by atoms with Crippen molar-refractivity contribution in [1.82, 2.24) is 9.29 Å². The fourth-order valence-corrected chi connectivity index (χ4v) is 6.44. The van der Waals surface area contributed by atoms with Gasteiger partial charge < -0.3 is 0 Å². The number of hydrogen-bond acceptors (Lipinski definition) is 5. The van der Waals surface area contributed by atoms with E-state index in [0.29, 0.717) is 30.3 Å². The Kier molecular flexibility index (Phi) is 7.35. The van der Waals surface area contributed by atoms with Crippen LogP contribution in [-0.4, -0.2) is 36.7 Å². The number of amides is 1. The van der Waals surface area contributed by atoms with Crippen molar-refractivity contribution in [2.45, 2.75) is 39.1 Å². The van der Waals surface area contributed by atoms with Crippen LogP contribution in [-0.2, 0) is 16.6 Å². The molecule has 0 saturated carbocycles. The molecule has 0 fully saturated rings. The quantitative estimate of drug-likeness (QED) is 0.303. The van der Waals surface area contributed by atoms with Gasteiger partial charge in [-0.1, -0.05) is 61.6 Å². The molecular formula is C27H29N3O3S2. The molecule has 0 aliphatic heterocycles. The second-order valence-electron chi connectivity index (χ2n) is 8.34. The number of aromatic nitrogens is 1. The topological polar surface area (TPSA) is 70.6 Å². The molecule has 0 radical (unpaired) electrons. The normalized spacial score (nSPS) is 11.8. The van der Waals surface area contributed by atoms with Gasteiger partial charge in [0.25, 0.3) is 5.91 Å². The molecule has 0 spiro atoms. The molecule has 0 bridgehead atoms. The van der Waals surface area contributed by atoms with E-state index in [4.69, 9.17) is 4.98 Å². The highest BCUT2D eigenvalue weighted by Gasteiger charge is 2.25. The first-order valence-corrected chi connectivity index (χ1v) is 13.8. The van der Waals surface area contributed by atoms with Crippen molar-refractivity contribution in [3.05, 3.63) is 89.0 Å². The number of carbonyl (C=O) groups excluding carboxylic acids is 1. The zero-order chi connectivity index (χ0) is 25.2. The number of nitrogens with zero attached hydrogens (tertiary/aromatic N) is 3. The number of benzene rings is 3. The summed E-state index contributed by atoms with van der Waals surface area (Å²) in [6, 6.07) is 20.1. The van der Waals surface area contributed by atoms with Gasteiger partial charge in [0.05, 0.1) is 21.7 Å². The van der Waals surface area contributed by atoms with Gasteiger partial charge in [0.2, 0.25) is 10.0 Å². The third kappa shape index (κ3) is 5.00. The van der Waals surface area contributed by atoms with E-state index in [0.717, 1.165) is 26.9 Å². The van der Waals surface area contributed by atoms with Crippen LogP contribution in [0.1, 0.15) is 40.9 Å². The number of fused-ring (bicyclic) bond motifs is 1. The average molecular weight is 508 g/mol. The maximum Gasteiger partial charge on any atom is 0.260 e. The number of aryl methyl sites for hydroxylation is 2. The monoisotopic (exact) mass is 507 g/mol. The predicted octanol–water partition coefficient (Wildman–Crippen LogP) is 5.79. The number of sulfonamides is 1. The molecule has 0 aliphatic carbocycles. The number of anilines is 1. The van der Waals surface area contributed by atoms with E-state index >= 15 is 0 Å². The Morgan fingerprint density at radius 3 is 2.20 bits per heavy atom. The second-order valence-corrected chi connectivity index (χ2v) is 11.3. The van der Waals surface area contributed by atoms with Crippen LogP contribution >= 0.6 is 11.3 Å². The summed E-state index contributed by atoms with van der Waals surface area (Å²) in [5.41, 5.74) is 4.54. The van der Waals surface area contributed by atoms with Gasteiger partial charge in [0.15, 0.2) is 5.13 Å². The maximum absolute atomic E-state index is 13.7. The summed E-state index contributed by atoms with van der Waals surface area (Å²) >= 11 is 1.48. The summed E-state index contributed by atoms with van der Waals surface area (Å²) in [6.45, 7) is 8.84. The molecule has 0 saturated heterocycles. The first-order valence-electron chi connectivity index (χ1n) is 11.6. The van der Waals surface area contributed by atoms with Gasteiger partial charge in [0, 0.05) is 18.7 Å². The molecule has 0 aliphatic rings. The van der Waals surface area contributed by atoms with E-state index < -0.39 is 10.0 Å². The minimum absolute atomic E-state index is 0.179. The van der Waals surface area contributed by atoms with Gasteiger partial charge in [-0.25, -0.2) is 13.4 Å². The molecule has 8 heteroatoms. The number of thiazole rings is 1. The molecule has 1 heterocycles. The van der Waals surface area contributed by atoms with E-state index in [2.05, 4.69) is 13.0 Å². The van der Waals surface area contributed by atoms with Crippen LogP contribution in [0.3, 0.4) is 0 Å². The largest absolute Gasteiger partial charge is 0.279 e. The van der Waals surface area contributed by atoms with Crippen LogP contribution < -0.4 is 4.90 Å². The lowest BCUT2D eigenvalue weighted by Gasteiger charge is -2.21. The molecule has 3 aromatic carbocycles. The molecule has 1 amide bonds. The van der Waals surface area contributed by atoms with Crippen LogP contribution in [0.2, 0.25) is 0 Å². The van der Waals surface area contributed by atoms with Crippen molar-refractivity contribution in [2.75, 3.05) is 18.0 Å². The summed E-state index contributed by atoms with van der Waals surface area (Å²) in [7, 11) is -3.59. The van der Waals surface area contributed by atoms with Gasteiger partial charge in [0.1, 0.15) is 0 Å². The lowest BCUT2D eigenvalue weighted by atomic mass is 10.1. The Bertz CT molecular complexity index is 1440. The van der Waals surface area contributed by atoms with E-state index in [1.165, 1.54) is 27.8 Å². The molecular weight excluding hydrogens is 478 g/mol. The van der Waals surface area contributed by atoms with Gasteiger partial charge in [-0.05, 0) is 60.9 Å². The zero-order valence-electron chi connectivity index (χ0n) is 20.4. The Labute approximate surface area is 210 Å². The minimum Gasteiger partial charge on any atom is -0.279 e. The maximum atomic E-state index is 13.7. The summed E-state index contributed by atoms with van der Waals surface area (Å²) < 4.78 is 28.1. The van der Waals surface area contributed by atoms with Gasteiger partial charge in [-0.3, -0.25) is 9.69 Å². The van der Waals surface area contributed by atoms with Gasteiger partial charge in [-0.2, -0.15) is 4.31 Å². The fourth-order valence-electron chi connectivity index (χ4n) is 3.96. The third-order valence-corrected chi connectivity index (χ3v) is 9.29. The predicted molar refractivity (Wildman–Crippen MR) is 143 cm³/mol.